The zero-order chi connectivity index (χ0) is 16.1. The van der Waals surface area contributed by atoms with Crippen LogP contribution in [0.25, 0.3) is 10.2 Å². The molecule has 0 bridgehead atoms. The first kappa shape index (κ1) is 14.7. The summed E-state index contributed by atoms with van der Waals surface area (Å²) in [6, 6.07) is 18.4. The van der Waals surface area contributed by atoms with Crippen molar-refractivity contribution in [3.05, 3.63) is 54.6 Å². The van der Waals surface area contributed by atoms with Gasteiger partial charge in [0.15, 0.2) is 5.13 Å². The Morgan fingerprint density at radius 3 is 2.61 bits per heavy atom. The number of thiazole rings is 1. The average Bonchev–Trinajstić information content (AvgIpc) is 2.98. The van der Waals surface area contributed by atoms with E-state index >= 15 is 0 Å². The van der Waals surface area contributed by atoms with E-state index in [0.29, 0.717) is 10.8 Å². The van der Waals surface area contributed by atoms with Crippen LogP contribution in [-0.2, 0) is 4.79 Å². The highest BCUT2D eigenvalue weighted by Gasteiger charge is 2.14. The first-order chi connectivity index (χ1) is 11.3. The van der Waals surface area contributed by atoms with E-state index in [4.69, 9.17) is 5.26 Å². The van der Waals surface area contributed by atoms with Crippen molar-refractivity contribution in [2.75, 3.05) is 10.7 Å². The maximum atomic E-state index is 12.1. The fourth-order valence-electron chi connectivity index (χ4n) is 1.84. The van der Waals surface area contributed by atoms with Gasteiger partial charge in [0.1, 0.15) is 6.07 Å². The molecule has 1 aromatic heterocycles. The van der Waals surface area contributed by atoms with Gasteiger partial charge in [0.05, 0.1) is 15.9 Å². The number of carbonyl (C=O) groups is 1. The molecular formula is C16H11N5OS. The minimum atomic E-state index is -0.602. The smallest absolute Gasteiger partial charge is 0.288 e. The fourth-order valence-corrected chi connectivity index (χ4v) is 2.70. The lowest BCUT2D eigenvalue weighted by atomic mass is 10.3. The third-order valence-corrected chi connectivity index (χ3v) is 3.86. The summed E-state index contributed by atoms with van der Waals surface area (Å²) in [4.78, 5) is 16.4. The molecule has 0 spiro atoms. The van der Waals surface area contributed by atoms with Gasteiger partial charge in [-0.1, -0.05) is 41.7 Å². The highest BCUT2D eigenvalue weighted by atomic mass is 32.1. The number of aromatic nitrogens is 1. The van der Waals surface area contributed by atoms with Crippen molar-refractivity contribution in [3.63, 3.8) is 0 Å². The highest BCUT2D eigenvalue weighted by Crippen LogP contribution is 2.25. The summed E-state index contributed by atoms with van der Waals surface area (Å²) in [5.41, 5.74) is 3.89. The van der Waals surface area contributed by atoms with Crippen LogP contribution < -0.4 is 10.7 Å². The molecule has 2 aromatic carbocycles. The molecule has 0 saturated heterocycles. The molecule has 0 atom stereocenters. The number of amides is 1. The standard InChI is InChI=1S/C16H11N5OS/c17-10-13(21-20-11-6-2-1-3-7-11)15(22)19-16-18-12-8-4-5-9-14(12)23-16/h1-9,20H,(H,18,19,22)/b21-13+. The van der Waals surface area contributed by atoms with Gasteiger partial charge in [0.25, 0.3) is 5.91 Å². The molecule has 23 heavy (non-hydrogen) atoms. The SMILES string of the molecule is N#C/C(=N\Nc1ccccc1)C(=O)Nc1nc2ccccc2s1. The maximum Gasteiger partial charge on any atom is 0.288 e. The van der Waals surface area contributed by atoms with E-state index in [9.17, 15) is 4.79 Å². The van der Waals surface area contributed by atoms with Crippen molar-refractivity contribution in [1.82, 2.24) is 4.98 Å². The summed E-state index contributed by atoms with van der Waals surface area (Å²) in [5.74, 6) is -0.602. The van der Waals surface area contributed by atoms with Crippen molar-refractivity contribution >= 4 is 44.0 Å². The Kier molecular flexibility index (Phi) is 4.27. The molecule has 6 nitrogen and oxygen atoms in total. The topological polar surface area (TPSA) is 90.2 Å². The first-order valence-electron chi connectivity index (χ1n) is 6.72. The van der Waals surface area contributed by atoms with Gasteiger partial charge < -0.3 is 0 Å². The summed E-state index contributed by atoms with van der Waals surface area (Å²) in [7, 11) is 0. The lowest BCUT2D eigenvalue weighted by Crippen LogP contribution is -2.22. The first-order valence-corrected chi connectivity index (χ1v) is 7.53. The minimum absolute atomic E-state index is 0.270. The Morgan fingerprint density at radius 1 is 1.13 bits per heavy atom. The number of rotatable bonds is 4. The average molecular weight is 321 g/mol. The summed E-state index contributed by atoms with van der Waals surface area (Å²) >= 11 is 1.34. The molecule has 1 amide bonds. The predicted octanol–water partition coefficient (Wildman–Crippen LogP) is 3.23. The number of anilines is 2. The molecule has 2 N–H and O–H groups in total. The molecule has 0 aliphatic heterocycles. The van der Waals surface area contributed by atoms with Gasteiger partial charge in [-0.15, -0.1) is 0 Å². The number of para-hydroxylation sites is 2. The van der Waals surface area contributed by atoms with Crippen molar-refractivity contribution in [2.24, 2.45) is 5.10 Å². The number of benzene rings is 2. The van der Waals surface area contributed by atoms with Crippen LogP contribution in [0.3, 0.4) is 0 Å². The zero-order valence-corrected chi connectivity index (χ0v) is 12.7. The number of nitriles is 1. The number of carbonyl (C=O) groups excluding carboxylic acids is 1. The van der Waals surface area contributed by atoms with Crippen molar-refractivity contribution < 1.29 is 4.79 Å². The van der Waals surface area contributed by atoms with E-state index in [0.717, 1.165) is 10.2 Å². The van der Waals surface area contributed by atoms with Gasteiger partial charge in [0, 0.05) is 0 Å². The Balaban J connectivity index is 1.73. The fraction of sp³-hybridized carbons (Fsp3) is 0. The number of nitrogens with zero attached hydrogens (tertiary/aromatic N) is 3. The normalized spacial score (nSPS) is 11.0. The van der Waals surface area contributed by atoms with E-state index in [1.54, 1.807) is 18.2 Å². The Labute approximate surface area is 136 Å². The van der Waals surface area contributed by atoms with Gasteiger partial charge in [-0.2, -0.15) is 10.4 Å². The third-order valence-electron chi connectivity index (χ3n) is 2.91. The van der Waals surface area contributed by atoms with E-state index in [2.05, 4.69) is 20.8 Å². The molecule has 1 heterocycles. The second-order valence-corrected chi connectivity index (χ2v) is 5.52. The summed E-state index contributed by atoms with van der Waals surface area (Å²) < 4.78 is 0.959. The molecule has 0 fully saturated rings. The summed E-state index contributed by atoms with van der Waals surface area (Å²) in [5, 5.41) is 15.9. The lowest BCUT2D eigenvalue weighted by Gasteiger charge is -2.01. The van der Waals surface area contributed by atoms with Crippen LogP contribution in [0.2, 0.25) is 0 Å². The quantitative estimate of drug-likeness (QED) is 0.570. The third kappa shape index (κ3) is 3.51. The Bertz CT molecular complexity index is 878. The molecule has 3 rings (SSSR count). The molecule has 112 valence electrons. The monoisotopic (exact) mass is 321 g/mol. The van der Waals surface area contributed by atoms with Crippen LogP contribution in [0.15, 0.2) is 59.7 Å². The van der Waals surface area contributed by atoms with Crippen molar-refractivity contribution in [2.45, 2.75) is 0 Å². The van der Waals surface area contributed by atoms with Gasteiger partial charge in [0.2, 0.25) is 5.71 Å². The van der Waals surface area contributed by atoms with Crippen LogP contribution >= 0.6 is 11.3 Å². The number of hydrogen-bond acceptors (Lipinski definition) is 6. The lowest BCUT2D eigenvalue weighted by molar-refractivity contribution is -0.110. The molecule has 0 saturated carbocycles. The molecule has 0 radical (unpaired) electrons. The Morgan fingerprint density at radius 2 is 1.87 bits per heavy atom. The Hall–Kier alpha value is -3.24. The molecule has 3 aromatic rings. The van der Waals surface area contributed by atoms with Crippen LogP contribution in [0.4, 0.5) is 10.8 Å². The van der Waals surface area contributed by atoms with E-state index < -0.39 is 5.91 Å². The molecule has 7 heteroatoms. The zero-order valence-electron chi connectivity index (χ0n) is 11.9. The number of hydrogen-bond donors (Lipinski definition) is 2. The maximum absolute atomic E-state index is 12.1. The predicted molar refractivity (Wildman–Crippen MR) is 91.4 cm³/mol. The molecule has 0 aliphatic carbocycles. The number of nitrogens with one attached hydrogen (secondary N) is 2. The molecule has 0 unspecified atom stereocenters. The van der Waals surface area contributed by atoms with Crippen LogP contribution in [0.1, 0.15) is 0 Å². The van der Waals surface area contributed by atoms with E-state index in [-0.39, 0.29) is 5.71 Å². The van der Waals surface area contributed by atoms with Gasteiger partial charge >= 0.3 is 0 Å². The second kappa shape index (κ2) is 6.68. The van der Waals surface area contributed by atoms with Crippen molar-refractivity contribution in [3.8, 4) is 6.07 Å². The van der Waals surface area contributed by atoms with Gasteiger partial charge in [-0.3, -0.25) is 15.5 Å². The summed E-state index contributed by atoms with van der Waals surface area (Å²) in [6.45, 7) is 0. The van der Waals surface area contributed by atoms with Crippen LogP contribution in [0.5, 0.6) is 0 Å². The minimum Gasteiger partial charge on any atom is -0.296 e. The number of fused-ring (bicyclic) bond motifs is 1. The van der Waals surface area contributed by atoms with Gasteiger partial charge in [-0.25, -0.2) is 4.98 Å². The van der Waals surface area contributed by atoms with E-state index in [1.807, 2.05) is 42.5 Å². The second-order valence-electron chi connectivity index (χ2n) is 4.49. The van der Waals surface area contributed by atoms with Crippen LogP contribution in [-0.4, -0.2) is 16.6 Å². The molecular weight excluding hydrogens is 310 g/mol. The van der Waals surface area contributed by atoms with Gasteiger partial charge in [-0.05, 0) is 24.3 Å². The number of hydrazone groups is 1. The molecule has 0 aliphatic rings. The van der Waals surface area contributed by atoms with Crippen molar-refractivity contribution in [1.29, 1.82) is 5.26 Å². The van der Waals surface area contributed by atoms with Crippen LogP contribution in [0, 0.1) is 11.3 Å². The summed E-state index contributed by atoms with van der Waals surface area (Å²) in [6.07, 6.45) is 0. The largest absolute Gasteiger partial charge is 0.296 e. The highest BCUT2D eigenvalue weighted by molar-refractivity contribution is 7.22. The van der Waals surface area contributed by atoms with E-state index in [1.165, 1.54) is 11.3 Å².